The van der Waals surface area contributed by atoms with Crippen LogP contribution in [0.2, 0.25) is 0 Å². The minimum Gasteiger partial charge on any atom is -0.489 e. The van der Waals surface area contributed by atoms with E-state index in [0.717, 1.165) is 0 Å². The molecular weight excluding hydrogens is 233 g/mol. The molecule has 100 valence electrons. The highest BCUT2D eigenvalue weighted by Crippen LogP contribution is 2.02. The number of rotatable bonds is 8. The van der Waals surface area contributed by atoms with Crippen LogP contribution in [0.25, 0.3) is 0 Å². The van der Waals surface area contributed by atoms with Crippen molar-refractivity contribution in [1.29, 1.82) is 0 Å². The maximum atomic E-state index is 11.7. The van der Waals surface area contributed by atoms with Gasteiger partial charge in [-0.2, -0.15) is 0 Å². The van der Waals surface area contributed by atoms with E-state index in [1.54, 1.807) is 49.6 Å². The molecule has 5 N–H and O–H groups in total. The Labute approximate surface area is 107 Å². The Kier molecular flexibility index (Phi) is 10.2. The van der Waals surface area contributed by atoms with E-state index in [4.69, 9.17) is 16.3 Å². The maximum Gasteiger partial charge on any atom is 0.121 e. The first-order chi connectivity index (χ1) is 8.70. The van der Waals surface area contributed by atoms with Crippen LogP contribution in [-0.2, 0) is 4.74 Å². The highest BCUT2D eigenvalue weighted by Gasteiger charge is 1.91. The summed E-state index contributed by atoms with van der Waals surface area (Å²) in [7, 11) is 0. The molecule has 0 radical (unpaired) electrons. The number of ether oxygens (including phenoxy) is 1. The van der Waals surface area contributed by atoms with E-state index in [2.05, 4.69) is 5.43 Å². The predicted octanol–water partition coefficient (Wildman–Crippen LogP) is 1.81. The monoisotopic (exact) mass is 253 g/mol. The molecule has 0 amide bonds. The Hall–Kier alpha value is -2.01. The van der Waals surface area contributed by atoms with Gasteiger partial charge in [0, 0.05) is 11.9 Å². The Balaban J connectivity index is 4.30. The van der Waals surface area contributed by atoms with Crippen molar-refractivity contribution < 1.29 is 9.13 Å². The summed E-state index contributed by atoms with van der Waals surface area (Å²) >= 11 is 0. The highest BCUT2D eigenvalue weighted by molar-refractivity contribution is 5.20. The topological polar surface area (TPSA) is 73.3 Å². The van der Waals surface area contributed by atoms with Gasteiger partial charge in [-0.1, -0.05) is 18.2 Å². The molecule has 4 nitrogen and oxygen atoms in total. The van der Waals surface area contributed by atoms with Crippen LogP contribution >= 0.6 is 0 Å². The molecule has 0 unspecified atom stereocenters. The zero-order valence-corrected chi connectivity index (χ0v) is 10.5. The molecule has 0 spiro atoms. The van der Waals surface area contributed by atoms with Gasteiger partial charge in [0.25, 0.3) is 0 Å². The maximum absolute atomic E-state index is 11.7. The normalized spacial score (nSPS) is 13.9. The molecule has 0 saturated heterocycles. The van der Waals surface area contributed by atoms with Crippen LogP contribution in [0.1, 0.15) is 6.92 Å². The molecular formula is C13H20FN3O. The second-order valence-corrected chi connectivity index (χ2v) is 3.30. The molecule has 0 heterocycles. The second kappa shape index (κ2) is 11.5. The summed E-state index contributed by atoms with van der Waals surface area (Å²) in [6.07, 6.45) is 13.2. The minimum absolute atomic E-state index is 0.371. The Morgan fingerprint density at radius 2 is 2.00 bits per heavy atom. The van der Waals surface area contributed by atoms with Crippen molar-refractivity contribution in [2.24, 2.45) is 11.6 Å². The smallest absolute Gasteiger partial charge is 0.121 e. The van der Waals surface area contributed by atoms with Crippen molar-refractivity contribution in [2.75, 3.05) is 13.3 Å². The lowest BCUT2D eigenvalue weighted by Gasteiger charge is -2.03. The molecule has 5 heteroatoms. The van der Waals surface area contributed by atoms with Gasteiger partial charge >= 0.3 is 0 Å². The number of hydrogen-bond donors (Lipinski definition) is 3. The number of nitrogens with one attached hydrogen (secondary N) is 1. The van der Waals surface area contributed by atoms with Crippen LogP contribution in [0.15, 0.2) is 60.2 Å². The first-order valence-corrected chi connectivity index (χ1v) is 5.48. The van der Waals surface area contributed by atoms with E-state index in [-0.39, 0.29) is 0 Å². The van der Waals surface area contributed by atoms with E-state index in [0.29, 0.717) is 18.1 Å². The zero-order chi connectivity index (χ0) is 13.6. The molecule has 0 rings (SSSR count). The van der Waals surface area contributed by atoms with Crippen LogP contribution in [0.5, 0.6) is 0 Å². The SMILES string of the molecule is C/C(N)=C/C(=C\C=C\NN)OC/C=C\C=C/CF. The number of alkyl halides is 1. The third-order valence-corrected chi connectivity index (χ3v) is 1.64. The van der Waals surface area contributed by atoms with Crippen LogP contribution in [0, 0.1) is 0 Å². The molecule has 0 aliphatic carbocycles. The van der Waals surface area contributed by atoms with Gasteiger partial charge in [0.1, 0.15) is 19.0 Å². The van der Waals surface area contributed by atoms with Gasteiger partial charge in [0.15, 0.2) is 0 Å². The summed E-state index contributed by atoms with van der Waals surface area (Å²) in [5.41, 5.74) is 8.58. The van der Waals surface area contributed by atoms with Gasteiger partial charge in [-0.05, 0) is 31.2 Å². The average molecular weight is 253 g/mol. The van der Waals surface area contributed by atoms with Gasteiger partial charge in [0.2, 0.25) is 0 Å². The molecule has 0 atom stereocenters. The fraction of sp³-hybridized carbons (Fsp3) is 0.231. The highest BCUT2D eigenvalue weighted by atomic mass is 19.1. The second-order valence-electron chi connectivity index (χ2n) is 3.30. The number of hydrogen-bond acceptors (Lipinski definition) is 4. The molecule has 0 aromatic carbocycles. The van der Waals surface area contributed by atoms with Gasteiger partial charge in [-0.15, -0.1) is 0 Å². The Bertz CT molecular complexity index is 353. The third-order valence-electron chi connectivity index (χ3n) is 1.64. The van der Waals surface area contributed by atoms with Gasteiger partial charge in [-0.25, -0.2) is 4.39 Å². The lowest BCUT2D eigenvalue weighted by molar-refractivity contribution is 0.261. The van der Waals surface area contributed by atoms with Crippen molar-refractivity contribution in [3.8, 4) is 0 Å². The molecule has 0 aromatic rings. The zero-order valence-electron chi connectivity index (χ0n) is 10.5. The number of allylic oxidation sites excluding steroid dienone is 7. The summed E-state index contributed by atoms with van der Waals surface area (Å²) in [5.74, 6) is 5.70. The minimum atomic E-state index is -0.470. The average Bonchev–Trinajstić information content (AvgIpc) is 2.33. The van der Waals surface area contributed by atoms with E-state index < -0.39 is 6.67 Å². The molecule has 0 aliphatic rings. The predicted molar refractivity (Wildman–Crippen MR) is 72.7 cm³/mol. The van der Waals surface area contributed by atoms with Crippen LogP contribution < -0.4 is 17.0 Å². The lowest BCUT2D eigenvalue weighted by Crippen LogP contribution is -2.12. The van der Waals surface area contributed by atoms with E-state index in [1.165, 1.54) is 6.08 Å². The van der Waals surface area contributed by atoms with E-state index >= 15 is 0 Å². The molecule has 0 fully saturated rings. The van der Waals surface area contributed by atoms with Crippen molar-refractivity contribution in [3.05, 3.63) is 60.2 Å². The van der Waals surface area contributed by atoms with Gasteiger partial charge in [0.05, 0.1) is 0 Å². The van der Waals surface area contributed by atoms with E-state index in [1.807, 2.05) is 0 Å². The summed E-state index contributed by atoms with van der Waals surface area (Å²) in [5, 5.41) is 0. The van der Waals surface area contributed by atoms with Crippen molar-refractivity contribution in [2.45, 2.75) is 6.92 Å². The van der Waals surface area contributed by atoms with Crippen molar-refractivity contribution in [1.82, 2.24) is 5.43 Å². The molecule has 0 bridgehead atoms. The van der Waals surface area contributed by atoms with Gasteiger partial charge < -0.3 is 15.9 Å². The standard InChI is InChI=1S/C13H20FN3O/c1-12(15)11-13(7-6-9-17-16)18-10-5-3-2-4-8-14/h2-7,9,11,17H,8,10,15-16H2,1H3/b4-2-,5-3-,9-6+,12-11-,13-7+. The number of halogens is 1. The molecule has 18 heavy (non-hydrogen) atoms. The summed E-state index contributed by atoms with van der Waals surface area (Å²) < 4.78 is 17.2. The first-order valence-electron chi connectivity index (χ1n) is 5.48. The first kappa shape index (κ1) is 16.0. The fourth-order valence-corrected chi connectivity index (χ4v) is 0.969. The number of nitrogens with two attached hydrogens (primary N) is 2. The van der Waals surface area contributed by atoms with Gasteiger partial charge in [-0.3, -0.25) is 5.84 Å². The molecule has 0 aromatic heterocycles. The summed E-state index contributed by atoms with van der Waals surface area (Å²) in [6, 6.07) is 0. The summed E-state index contributed by atoms with van der Waals surface area (Å²) in [6.45, 7) is 1.67. The lowest BCUT2D eigenvalue weighted by atomic mass is 10.3. The van der Waals surface area contributed by atoms with E-state index in [9.17, 15) is 4.39 Å². The molecule has 0 aliphatic heterocycles. The Morgan fingerprint density at radius 1 is 1.28 bits per heavy atom. The third kappa shape index (κ3) is 10.5. The van der Waals surface area contributed by atoms with Crippen LogP contribution in [-0.4, -0.2) is 13.3 Å². The quantitative estimate of drug-likeness (QED) is 0.267. The van der Waals surface area contributed by atoms with Crippen molar-refractivity contribution >= 4 is 0 Å². The number of hydrazine groups is 1. The largest absolute Gasteiger partial charge is 0.489 e. The molecule has 0 saturated carbocycles. The van der Waals surface area contributed by atoms with Crippen molar-refractivity contribution in [3.63, 3.8) is 0 Å². The summed E-state index contributed by atoms with van der Waals surface area (Å²) in [4.78, 5) is 0. The van der Waals surface area contributed by atoms with Crippen LogP contribution in [0.4, 0.5) is 4.39 Å². The Morgan fingerprint density at radius 3 is 2.61 bits per heavy atom. The fourth-order valence-electron chi connectivity index (χ4n) is 0.969. The van der Waals surface area contributed by atoms with Crippen LogP contribution in [0.3, 0.4) is 0 Å².